The largest absolute Gasteiger partial charge is 0.292 e. The molecule has 0 aliphatic carbocycles. The van der Waals surface area contributed by atoms with Crippen molar-refractivity contribution in [1.29, 1.82) is 0 Å². The Kier molecular flexibility index (Phi) is 4.26. The van der Waals surface area contributed by atoms with Crippen LogP contribution in [0.5, 0.6) is 0 Å². The molecule has 0 amide bonds. The van der Waals surface area contributed by atoms with Crippen LogP contribution in [0.3, 0.4) is 0 Å². The van der Waals surface area contributed by atoms with Crippen molar-refractivity contribution in [2.75, 3.05) is 0 Å². The van der Waals surface area contributed by atoms with E-state index in [4.69, 9.17) is 11.6 Å². The lowest BCUT2D eigenvalue weighted by atomic mass is 10.1. The standard InChI is InChI=1S/C21H13ClN4O2S/c22-14-5-3-4-13(8-14)16-11-29-20-19(16)23-12-25(21(20)28)10-15-9-18(27)26-7-2-1-6-17(26)24-15/h1-9,11-12H,10H2. The van der Waals surface area contributed by atoms with Gasteiger partial charge >= 0.3 is 0 Å². The summed E-state index contributed by atoms with van der Waals surface area (Å²) in [4.78, 5) is 34.3. The van der Waals surface area contributed by atoms with Crippen LogP contribution in [0.15, 0.2) is 76.0 Å². The van der Waals surface area contributed by atoms with E-state index in [0.29, 0.717) is 26.6 Å². The lowest BCUT2D eigenvalue weighted by molar-refractivity contribution is 0.728. The van der Waals surface area contributed by atoms with Crippen molar-refractivity contribution in [3.63, 3.8) is 0 Å². The van der Waals surface area contributed by atoms with Crippen molar-refractivity contribution in [2.45, 2.75) is 6.54 Å². The van der Waals surface area contributed by atoms with Gasteiger partial charge in [0.15, 0.2) is 0 Å². The SMILES string of the molecule is O=c1c2scc(-c3cccc(Cl)c3)c2ncn1Cc1cc(=O)n2ccccc2n1. The first kappa shape index (κ1) is 17.8. The van der Waals surface area contributed by atoms with Crippen LogP contribution in [0.2, 0.25) is 5.02 Å². The van der Waals surface area contributed by atoms with E-state index < -0.39 is 0 Å². The molecule has 0 aliphatic rings. The minimum atomic E-state index is -0.188. The number of fused-ring (bicyclic) bond motifs is 2. The van der Waals surface area contributed by atoms with Crippen LogP contribution in [0.1, 0.15) is 5.69 Å². The first-order valence-corrected chi connectivity index (χ1v) is 10.1. The maximum Gasteiger partial charge on any atom is 0.271 e. The molecule has 4 aromatic heterocycles. The third-order valence-corrected chi connectivity index (χ3v) is 5.83. The molecule has 8 heteroatoms. The molecular weight excluding hydrogens is 408 g/mol. The molecule has 0 fully saturated rings. The fourth-order valence-electron chi connectivity index (χ4n) is 3.27. The molecule has 142 valence electrons. The van der Waals surface area contributed by atoms with Gasteiger partial charge in [0.2, 0.25) is 0 Å². The highest BCUT2D eigenvalue weighted by Gasteiger charge is 2.13. The fourth-order valence-corrected chi connectivity index (χ4v) is 4.44. The lowest BCUT2D eigenvalue weighted by Gasteiger charge is -2.07. The fraction of sp³-hybridized carbons (Fsp3) is 0.0476. The van der Waals surface area contributed by atoms with E-state index in [-0.39, 0.29) is 17.7 Å². The summed E-state index contributed by atoms with van der Waals surface area (Å²) in [6, 6.07) is 14.2. The summed E-state index contributed by atoms with van der Waals surface area (Å²) in [5.41, 5.74) is 3.13. The number of nitrogens with zero attached hydrogens (tertiary/aromatic N) is 4. The van der Waals surface area contributed by atoms with Gasteiger partial charge in [-0.3, -0.25) is 18.6 Å². The lowest BCUT2D eigenvalue weighted by Crippen LogP contribution is -2.23. The molecular formula is C21H13ClN4O2S. The van der Waals surface area contributed by atoms with E-state index in [2.05, 4.69) is 9.97 Å². The van der Waals surface area contributed by atoms with Gasteiger partial charge in [-0.05, 0) is 29.8 Å². The second-order valence-corrected chi connectivity index (χ2v) is 7.85. The molecule has 4 heterocycles. The Bertz CT molecular complexity index is 1500. The van der Waals surface area contributed by atoms with Crippen LogP contribution >= 0.6 is 22.9 Å². The molecule has 0 aliphatic heterocycles. The van der Waals surface area contributed by atoms with E-state index in [1.54, 1.807) is 24.4 Å². The second kappa shape index (κ2) is 6.95. The number of hydrogen-bond acceptors (Lipinski definition) is 5. The van der Waals surface area contributed by atoms with Crippen LogP contribution in [-0.2, 0) is 6.54 Å². The number of halogens is 1. The van der Waals surface area contributed by atoms with Gasteiger partial charge in [0.25, 0.3) is 11.1 Å². The number of aromatic nitrogens is 4. The van der Waals surface area contributed by atoms with Gasteiger partial charge < -0.3 is 0 Å². The maximum absolute atomic E-state index is 13.0. The van der Waals surface area contributed by atoms with E-state index >= 15 is 0 Å². The summed E-state index contributed by atoms with van der Waals surface area (Å²) in [6.45, 7) is 0.173. The molecule has 0 spiro atoms. The molecule has 29 heavy (non-hydrogen) atoms. The van der Waals surface area contributed by atoms with Gasteiger partial charge in [-0.25, -0.2) is 9.97 Å². The summed E-state index contributed by atoms with van der Waals surface area (Å²) < 4.78 is 3.49. The van der Waals surface area contributed by atoms with Crippen LogP contribution in [0, 0.1) is 0 Å². The quantitative estimate of drug-likeness (QED) is 0.444. The average molecular weight is 421 g/mol. The van der Waals surface area contributed by atoms with Crippen molar-refractivity contribution in [3.05, 3.63) is 97.9 Å². The molecule has 5 rings (SSSR count). The summed E-state index contributed by atoms with van der Waals surface area (Å²) in [5.74, 6) is 0. The summed E-state index contributed by atoms with van der Waals surface area (Å²) in [5, 5.41) is 2.54. The van der Waals surface area contributed by atoms with Crippen LogP contribution in [-0.4, -0.2) is 18.9 Å². The number of pyridine rings is 1. The highest BCUT2D eigenvalue weighted by atomic mass is 35.5. The summed E-state index contributed by atoms with van der Waals surface area (Å²) in [6.07, 6.45) is 3.16. The van der Waals surface area contributed by atoms with Gasteiger partial charge in [0, 0.05) is 28.2 Å². The Morgan fingerprint density at radius 2 is 1.97 bits per heavy atom. The Hall–Kier alpha value is -3.29. The molecule has 0 radical (unpaired) electrons. The Balaban J connectivity index is 1.58. The zero-order chi connectivity index (χ0) is 20.0. The van der Waals surface area contributed by atoms with Crippen molar-refractivity contribution < 1.29 is 0 Å². The predicted octanol–water partition coefficient (Wildman–Crippen LogP) is 3.83. The Labute approximate surface area is 173 Å². The van der Waals surface area contributed by atoms with Gasteiger partial charge in [-0.2, -0.15) is 0 Å². The van der Waals surface area contributed by atoms with E-state index in [9.17, 15) is 9.59 Å². The highest BCUT2D eigenvalue weighted by Crippen LogP contribution is 2.31. The van der Waals surface area contributed by atoms with Crippen molar-refractivity contribution >= 4 is 38.8 Å². The topological polar surface area (TPSA) is 69.3 Å². The molecule has 0 bridgehead atoms. The molecule has 6 nitrogen and oxygen atoms in total. The molecule has 5 aromatic rings. The number of hydrogen-bond donors (Lipinski definition) is 0. The van der Waals surface area contributed by atoms with Crippen molar-refractivity contribution in [1.82, 2.24) is 18.9 Å². The first-order valence-electron chi connectivity index (χ1n) is 8.80. The van der Waals surface area contributed by atoms with Gasteiger partial charge in [0.05, 0.1) is 24.1 Å². The zero-order valence-electron chi connectivity index (χ0n) is 14.9. The summed E-state index contributed by atoms with van der Waals surface area (Å²) >= 11 is 7.44. The normalized spacial score (nSPS) is 11.3. The third-order valence-electron chi connectivity index (χ3n) is 4.64. The van der Waals surface area contributed by atoms with Gasteiger partial charge in [0.1, 0.15) is 10.3 Å². The van der Waals surface area contributed by atoms with Gasteiger partial charge in [-0.1, -0.05) is 29.8 Å². The third kappa shape index (κ3) is 3.14. The number of benzene rings is 1. The highest BCUT2D eigenvalue weighted by molar-refractivity contribution is 7.17. The zero-order valence-corrected chi connectivity index (χ0v) is 16.5. The monoisotopic (exact) mass is 420 g/mol. The minimum absolute atomic E-state index is 0.164. The average Bonchev–Trinajstić information content (AvgIpc) is 3.15. The van der Waals surface area contributed by atoms with Crippen molar-refractivity contribution in [3.8, 4) is 11.1 Å². The smallest absolute Gasteiger partial charge is 0.271 e. The van der Waals surface area contributed by atoms with Crippen LogP contribution in [0.25, 0.3) is 27.0 Å². The number of rotatable bonds is 3. The molecule has 0 unspecified atom stereocenters. The van der Waals surface area contributed by atoms with E-state index in [1.165, 1.54) is 32.7 Å². The number of thiophene rings is 1. The van der Waals surface area contributed by atoms with E-state index in [0.717, 1.165) is 11.1 Å². The molecule has 1 aromatic carbocycles. The molecule has 0 N–H and O–H groups in total. The van der Waals surface area contributed by atoms with E-state index in [1.807, 2.05) is 29.6 Å². The maximum atomic E-state index is 13.0. The molecule has 0 atom stereocenters. The van der Waals surface area contributed by atoms with Crippen LogP contribution in [0.4, 0.5) is 0 Å². The molecule has 0 saturated carbocycles. The predicted molar refractivity (Wildman–Crippen MR) is 115 cm³/mol. The summed E-state index contributed by atoms with van der Waals surface area (Å²) in [7, 11) is 0. The first-order chi connectivity index (χ1) is 14.1. The molecule has 0 saturated heterocycles. The van der Waals surface area contributed by atoms with Crippen LogP contribution < -0.4 is 11.1 Å². The van der Waals surface area contributed by atoms with Gasteiger partial charge in [-0.15, -0.1) is 11.3 Å². The Morgan fingerprint density at radius 1 is 1.07 bits per heavy atom. The second-order valence-electron chi connectivity index (χ2n) is 6.53. The Morgan fingerprint density at radius 3 is 2.83 bits per heavy atom. The minimum Gasteiger partial charge on any atom is -0.292 e. The van der Waals surface area contributed by atoms with Crippen molar-refractivity contribution in [2.24, 2.45) is 0 Å².